The molecule has 0 aliphatic rings. The van der Waals surface area contributed by atoms with E-state index in [0.717, 1.165) is 5.56 Å². The highest BCUT2D eigenvalue weighted by Crippen LogP contribution is 2.24. The van der Waals surface area contributed by atoms with E-state index in [0.29, 0.717) is 22.5 Å². The normalized spacial score (nSPS) is 10.2. The second-order valence-corrected chi connectivity index (χ2v) is 6.80. The van der Waals surface area contributed by atoms with Crippen LogP contribution < -0.4 is 15.5 Å². The lowest BCUT2D eigenvalue weighted by Gasteiger charge is -2.14. The summed E-state index contributed by atoms with van der Waals surface area (Å²) in [5, 5.41) is 14.4. The van der Waals surface area contributed by atoms with Crippen LogP contribution in [0.3, 0.4) is 0 Å². The van der Waals surface area contributed by atoms with Crippen LogP contribution >= 0.6 is 11.3 Å². The lowest BCUT2D eigenvalue weighted by atomic mass is 10.2. The number of amides is 2. The molecule has 144 valence electrons. The van der Waals surface area contributed by atoms with Crippen LogP contribution in [0.1, 0.15) is 15.9 Å². The molecular formula is C19H19N5O3S. The van der Waals surface area contributed by atoms with Gasteiger partial charge in [-0.15, -0.1) is 10.2 Å². The van der Waals surface area contributed by atoms with Gasteiger partial charge in [0.2, 0.25) is 10.3 Å². The molecule has 1 aromatic heterocycles. The molecule has 0 aliphatic heterocycles. The summed E-state index contributed by atoms with van der Waals surface area (Å²) < 4.78 is 4.72. The number of esters is 1. The number of ether oxygens (including phenoxy) is 1. The van der Waals surface area contributed by atoms with Crippen molar-refractivity contribution in [2.45, 2.75) is 6.54 Å². The highest BCUT2D eigenvalue weighted by molar-refractivity contribution is 7.19. The summed E-state index contributed by atoms with van der Waals surface area (Å²) in [6, 6.07) is 16.1. The molecule has 1 heterocycles. The summed E-state index contributed by atoms with van der Waals surface area (Å²) in [5.41, 5.74) is 1.75. The zero-order valence-electron chi connectivity index (χ0n) is 15.4. The second kappa shape index (κ2) is 8.96. The van der Waals surface area contributed by atoms with Gasteiger partial charge in [0.25, 0.3) is 0 Å². The molecule has 0 bridgehead atoms. The van der Waals surface area contributed by atoms with Gasteiger partial charge >= 0.3 is 12.0 Å². The summed E-state index contributed by atoms with van der Waals surface area (Å²) in [7, 11) is 3.19. The molecule has 2 aromatic carbocycles. The average molecular weight is 397 g/mol. The summed E-state index contributed by atoms with van der Waals surface area (Å²) in [6.45, 7) is 0.675. The van der Waals surface area contributed by atoms with E-state index in [-0.39, 0.29) is 5.56 Å². The quantitative estimate of drug-likeness (QED) is 0.617. The minimum Gasteiger partial charge on any atom is -0.465 e. The van der Waals surface area contributed by atoms with Gasteiger partial charge in [0, 0.05) is 13.6 Å². The number of urea groups is 1. The van der Waals surface area contributed by atoms with Gasteiger partial charge in [-0.25, -0.2) is 9.59 Å². The number of anilines is 3. The predicted octanol–water partition coefficient (Wildman–Crippen LogP) is 3.61. The molecular weight excluding hydrogens is 378 g/mol. The van der Waals surface area contributed by atoms with E-state index >= 15 is 0 Å². The van der Waals surface area contributed by atoms with Crippen LogP contribution in [0.5, 0.6) is 0 Å². The molecule has 2 amide bonds. The number of hydrogen-bond donors (Lipinski definition) is 2. The molecule has 0 unspecified atom stereocenters. The monoisotopic (exact) mass is 397 g/mol. The van der Waals surface area contributed by atoms with E-state index in [1.807, 2.05) is 42.3 Å². The van der Waals surface area contributed by atoms with Gasteiger partial charge in [-0.1, -0.05) is 53.8 Å². The molecule has 0 fully saturated rings. The lowest BCUT2D eigenvalue weighted by molar-refractivity contribution is 0.0602. The first-order chi connectivity index (χ1) is 13.6. The van der Waals surface area contributed by atoms with Crippen molar-refractivity contribution in [1.82, 2.24) is 10.2 Å². The molecule has 28 heavy (non-hydrogen) atoms. The van der Waals surface area contributed by atoms with E-state index in [1.165, 1.54) is 18.4 Å². The first-order valence-corrected chi connectivity index (χ1v) is 9.22. The standard InChI is InChI=1S/C19H19N5O3S/c1-24(12-13-8-4-3-5-9-13)19-23-22-18(28-19)21-17(26)20-15-11-7-6-10-14(15)16(25)27-2/h3-11H,12H2,1-2H3,(H2,20,21,22,26). The first kappa shape index (κ1) is 19.3. The van der Waals surface area contributed by atoms with Gasteiger partial charge in [0.1, 0.15) is 0 Å². The number of rotatable bonds is 6. The van der Waals surface area contributed by atoms with Crippen LogP contribution in [0.4, 0.5) is 20.7 Å². The van der Waals surface area contributed by atoms with E-state index in [1.54, 1.807) is 24.3 Å². The number of nitrogens with zero attached hydrogens (tertiary/aromatic N) is 3. The van der Waals surface area contributed by atoms with Crippen LogP contribution in [0, 0.1) is 0 Å². The third-order valence-corrected chi connectivity index (χ3v) is 4.76. The Hall–Kier alpha value is -3.46. The fourth-order valence-electron chi connectivity index (χ4n) is 2.48. The van der Waals surface area contributed by atoms with E-state index in [9.17, 15) is 9.59 Å². The van der Waals surface area contributed by atoms with Gasteiger partial charge in [-0.05, 0) is 17.7 Å². The number of aromatic nitrogens is 2. The van der Waals surface area contributed by atoms with Gasteiger partial charge in [0.05, 0.1) is 18.4 Å². The number of carbonyl (C=O) groups is 2. The second-order valence-electron chi connectivity index (χ2n) is 5.85. The van der Waals surface area contributed by atoms with Crippen LogP contribution in [0.2, 0.25) is 0 Å². The van der Waals surface area contributed by atoms with Crippen molar-refractivity contribution in [2.24, 2.45) is 0 Å². The largest absolute Gasteiger partial charge is 0.465 e. The third-order valence-electron chi connectivity index (χ3n) is 3.80. The highest BCUT2D eigenvalue weighted by atomic mass is 32.1. The van der Waals surface area contributed by atoms with Crippen molar-refractivity contribution >= 4 is 39.3 Å². The lowest BCUT2D eigenvalue weighted by Crippen LogP contribution is -2.21. The number of para-hydroxylation sites is 1. The molecule has 0 radical (unpaired) electrons. The smallest absolute Gasteiger partial charge is 0.339 e. The van der Waals surface area contributed by atoms with E-state index in [4.69, 9.17) is 4.74 Å². The molecule has 0 saturated carbocycles. The number of nitrogens with one attached hydrogen (secondary N) is 2. The Bertz CT molecular complexity index is 961. The Balaban J connectivity index is 1.62. The average Bonchev–Trinajstić information content (AvgIpc) is 3.17. The predicted molar refractivity (Wildman–Crippen MR) is 109 cm³/mol. The molecule has 0 aliphatic carbocycles. The fraction of sp³-hybridized carbons (Fsp3) is 0.158. The number of methoxy groups -OCH3 is 1. The van der Waals surface area contributed by atoms with Crippen molar-refractivity contribution in [1.29, 1.82) is 0 Å². The maximum atomic E-state index is 12.3. The number of hydrogen-bond acceptors (Lipinski definition) is 7. The van der Waals surface area contributed by atoms with Crippen molar-refractivity contribution in [3.8, 4) is 0 Å². The van der Waals surface area contributed by atoms with Crippen LogP contribution in [-0.2, 0) is 11.3 Å². The first-order valence-electron chi connectivity index (χ1n) is 8.40. The summed E-state index contributed by atoms with van der Waals surface area (Å²) in [5.74, 6) is -0.531. The van der Waals surface area contributed by atoms with Crippen molar-refractivity contribution < 1.29 is 14.3 Å². The van der Waals surface area contributed by atoms with Crippen molar-refractivity contribution in [3.63, 3.8) is 0 Å². The van der Waals surface area contributed by atoms with E-state index < -0.39 is 12.0 Å². The Labute approximate surface area is 166 Å². The molecule has 2 N–H and O–H groups in total. The Morgan fingerprint density at radius 1 is 1.04 bits per heavy atom. The maximum Gasteiger partial charge on any atom is 0.339 e. The Morgan fingerprint density at radius 3 is 2.50 bits per heavy atom. The molecule has 3 aromatic rings. The summed E-state index contributed by atoms with van der Waals surface area (Å²) in [6.07, 6.45) is 0. The van der Waals surface area contributed by atoms with Crippen molar-refractivity contribution in [2.75, 3.05) is 29.7 Å². The van der Waals surface area contributed by atoms with Crippen molar-refractivity contribution in [3.05, 3.63) is 65.7 Å². The van der Waals surface area contributed by atoms with Gasteiger partial charge in [-0.3, -0.25) is 5.32 Å². The number of carbonyl (C=O) groups excluding carboxylic acids is 2. The number of benzene rings is 2. The highest BCUT2D eigenvalue weighted by Gasteiger charge is 2.15. The Kier molecular flexibility index (Phi) is 6.18. The molecule has 0 spiro atoms. The molecule has 3 rings (SSSR count). The maximum absolute atomic E-state index is 12.3. The summed E-state index contributed by atoms with van der Waals surface area (Å²) >= 11 is 1.25. The molecule has 0 saturated heterocycles. The zero-order valence-corrected chi connectivity index (χ0v) is 16.2. The topological polar surface area (TPSA) is 96.4 Å². The van der Waals surface area contributed by atoms with Crippen LogP contribution in [0.15, 0.2) is 54.6 Å². The zero-order chi connectivity index (χ0) is 19.9. The Morgan fingerprint density at radius 2 is 1.75 bits per heavy atom. The fourth-order valence-corrected chi connectivity index (χ4v) is 3.18. The minimum atomic E-state index is -0.531. The van der Waals surface area contributed by atoms with Gasteiger partial charge in [0.15, 0.2) is 0 Å². The molecule has 8 nitrogen and oxygen atoms in total. The van der Waals surface area contributed by atoms with Crippen LogP contribution in [0.25, 0.3) is 0 Å². The van der Waals surface area contributed by atoms with E-state index in [2.05, 4.69) is 20.8 Å². The van der Waals surface area contributed by atoms with Gasteiger partial charge < -0.3 is 15.0 Å². The van der Waals surface area contributed by atoms with Gasteiger partial charge in [-0.2, -0.15) is 0 Å². The summed E-state index contributed by atoms with van der Waals surface area (Å²) in [4.78, 5) is 26.0. The SMILES string of the molecule is COC(=O)c1ccccc1NC(=O)Nc1nnc(N(C)Cc2ccccc2)s1. The third kappa shape index (κ3) is 4.83. The molecule has 9 heteroatoms. The van der Waals surface area contributed by atoms with Crippen LogP contribution in [-0.4, -0.2) is 36.4 Å². The minimum absolute atomic E-state index is 0.265. The molecule has 0 atom stereocenters.